The van der Waals surface area contributed by atoms with Crippen molar-refractivity contribution in [3.05, 3.63) is 22.2 Å². The van der Waals surface area contributed by atoms with Gasteiger partial charge in [-0.25, -0.2) is 12.7 Å². The van der Waals surface area contributed by atoms with Crippen LogP contribution in [0.1, 0.15) is 26.2 Å². The van der Waals surface area contributed by atoms with Crippen molar-refractivity contribution in [1.82, 2.24) is 4.31 Å². The fourth-order valence-electron chi connectivity index (χ4n) is 1.61. The van der Waals surface area contributed by atoms with E-state index in [0.717, 1.165) is 19.3 Å². The van der Waals surface area contributed by atoms with E-state index in [-0.39, 0.29) is 14.9 Å². The largest absolute Gasteiger partial charge is 0.505 e. The number of phenolic OH excluding ortho intramolecular Hbond substituents is 1. The first-order chi connectivity index (χ1) is 8.80. The van der Waals surface area contributed by atoms with Crippen LogP contribution in [0.5, 0.6) is 5.75 Å². The first kappa shape index (κ1) is 16.6. The van der Waals surface area contributed by atoms with Crippen molar-refractivity contribution in [2.24, 2.45) is 0 Å². The maximum Gasteiger partial charge on any atom is 0.246 e. The van der Waals surface area contributed by atoms with Gasteiger partial charge in [-0.2, -0.15) is 0 Å². The molecular weight excluding hydrogens is 309 g/mol. The number of nitrogens with zero attached hydrogens (tertiary/aromatic N) is 1. The van der Waals surface area contributed by atoms with E-state index in [1.165, 1.54) is 23.5 Å². The van der Waals surface area contributed by atoms with Crippen LogP contribution in [-0.2, 0) is 10.0 Å². The predicted octanol–water partition coefficient (Wildman–Crippen LogP) is 3.51. The van der Waals surface area contributed by atoms with Gasteiger partial charge in [-0.1, -0.05) is 43.0 Å². The summed E-state index contributed by atoms with van der Waals surface area (Å²) in [6.07, 6.45) is 2.71. The van der Waals surface area contributed by atoms with Gasteiger partial charge in [0.2, 0.25) is 10.0 Å². The molecule has 0 fully saturated rings. The average Bonchev–Trinajstić information content (AvgIpc) is 2.33. The number of benzene rings is 1. The van der Waals surface area contributed by atoms with Gasteiger partial charge in [0.25, 0.3) is 0 Å². The normalized spacial score (nSPS) is 12.1. The Labute approximate surface area is 124 Å². The molecule has 1 aromatic carbocycles. The van der Waals surface area contributed by atoms with Gasteiger partial charge >= 0.3 is 0 Å². The number of hydrogen-bond donors (Lipinski definition) is 1. The Hall–Kier alpha value is -0.490. The summed E-state index contributed by atoms with van der Waals surface area (Å²) in [7, 11) is -2.31. The van der Waals surface area contributed by atoms with Crippen molar-refractivity contribution < 1.29 is 13.5 Å². The molecule has 4 nitrogen and oxygen atoms in total. The Kier molecular flexibility index (Phi) is 5.92. The van der Waals surface area contributed by atoms with Gasteiger partial charge in [0.15, 0.2) is 5.75 Å². The molecule has 108 valence electrons. The van der Waals surface area contributed by atoms with Crippen molar-refractivity contribution in [3.63, 3.8) is 0 Å². The third kappa shape index (κ3) is 3.99. The minimum absolute atomic E-state index is 0.0759. The van der Waals surface area contributed by atoms with Crippen LogP contribution >= 0.6 is 23.2 Å². The first-order valence-electron chi connectivity index (χ1n) is 5.95. The lowest BCUT2D eigenvalue weighted by Crippen LogP contribution is -2.28. The predicted molar refractivity (Wildman–Crippen MR) is 77.5 cm³/mol. The Morgan fingerprint density at radius 1 is 1.26 bits per heavy atom. The number of halogens is 2. The molecule has 0 bridgehead atoms. The molecule has 0 aliphatic carbocycles. The Bertz CT molecular complexity index is 546. The number of aromatic hydroxyl groups is 1. The van der Waals surface area contributed by atoms with Crippen LogP contribution in [0.15, 0.2) is 17.0 Å². The van der Waals surface area contributed by atoms with E-state index in [0.29, 0.717) is 6.54 Å². The molecular formula is C12H17Cl2NO3S. The summed E-state index contributed by atoms with van der Waals surface area (Å²) >= 11 is 11.5. The lowest BCUT2D eigenvalue weighted by molar-refractivity contribution is 0.435. The smallest absolute Gasteiger partial charge is 0.246 e. The zero-order valence-corrected chi connectivity index (χ0v) is 13.2. The summed E-state index contributed by atoms with van der Waals surface area (Å²) in [6, 6.07) is 2.50. The molecule has 0 aliphatic rings. The molecule has 1 aromatic rings. The summed E-state index contributed by atoms with van der Waals surface area (Å²) in [5, 5.41) is 9.88. The summed E-state index contributed by atoms with van der Waals surface area (Å²) in [5.74, 6) is -0.464. The molecule has 7 heteroatoms. The highest BCUT2D eigenvalue weighted by atomic mass is 35.5. The Morgan fingerprint density at radius 2 is 1.89 bits per heavy atom. The van der Waals surface area contributed by atoms with Crippen LogP contribution < -0.4 is 0 Å². The molecule has 0 atom stereocenters. The monoisotopic (exact) mass is 325 g/mol. The maximum atomic E-state index is 12.3. The van der Waals surface area contributed by atoms with Gasteiger partial charge in [0.05, 0.1) is 5.02 Å². The number of rotatable bonds is 6. The highest BCUT2D eigenvalue weighted by Crippen LogP contribution is 2.35. The van der Waals surface area contributed by atoms with Crippen molar-refractivity contribution in [2.75, 3.05) is 13.6 Å². The van der Waals surface area contributed by atoms with Gasteiger partial charge in [0, 0.05) is 18.6 Å². The van der Waals surface area contributed by atoms with Gasteiger partial charge in [0.1, 0.15) is 4.90 Å². The number of phenols is 1. The van der Waals surface area contributed by atoms with Crippen LogP contribution in [0.4, 0.5) is 0 Å². The minimum Gasteiger partial charge on any atom is -0.505 e. The van der Waals surface area contributed by atoms with E-state index in [4.69, 9.17) is 23.2 Å². The topological polar surface area (TPSA) is 57.6 Å². The second kappa shape index (κ2) is 6.79. The molecule has 0 heterocycles. The molecule has 0 radical (unpaired) electrons. The fourth-order valence-corrected chi connectivity index (χ4v) is 3.56. The fraction of sp³-hybridized carbons (Fsp3) is 0.500. The standard InChI is InChI=1S/C12H17Cl2NO3S/c1-3-4-5-6-15(2)19(17,18)11-8-9(13)7-10(14)12(11)16/h7-8,16H,3-6H2,1-2H3. The lowest BCUT2D eigenvalue weighted by Gasteiger charge is -2.18. The Balaban J connectivity index is 3.06. The van der Waals surface area contributed by atoms with Crippen LogP contribution in [0.25, 0.3) is 0 Å². The summed E-state index contributed by atoms with van der Waals surface area (Å²) < 4.78 is 25.8. The molecule has 0 unspecified atom stereocenters. The molecule has 0 amide bonds. The van der Waals surface area contributed by atoms with Crippen LogP contribution in [0.3, 0.4) is 0 Å². The molecule has 0 aromatic heterocycles. The summed E-state index contributed by atoms with van der Waals surface area (Å²) in [5.41, 5.74) is 0. The molecule has 0 saturated heterocycles. The van der Waals surface area contributed by atoms with Gasteiger partial charge in [-0.15, -0.1) is 0 Å². The van der Waals surface area contributed by atoms with Crippen molar-refractivity contribution in [3.8, 4) is 5.75 Å². The first-order valence-corrected chi connectivity index (χ1v) is 8.14. The summed E-state index contributed by atoms with van der Waals surface area (Å²) in [6.45, 7) is 2.43. The highest BCUT2D eigenvalue weighted by molar-refractivity contribution is 7.89. The van der Waals surface area contributed by atoms with E-state index < -0.39 is 15.8 Å². The molecule has 0 spiro atoms. The van der Waals surface area contributed by atoms with Crippen molar-refractivity contribution in [1.29, 1.82) is 0 Å². The van der Waals surface area contributed by atoms with Gasteiger partial charge < -0.3 is 5.11 Å². The second-order valence-corrected chi connectivity index (χ2v) is 7.12. The average molecular weight is 326 g/mol. The van der Waals surface area contributed by atoms with Gasteiger partial charge in [-0.05, 0) is 18.6 Å². The second-order valence-electron chi connectivity index (χ2n) is 4.27. The van der Waals surface area contributed by atoms with Crippen molar-refractivity contribution in [2.45, 2.75) is 31.1 Å². The van der Waals surface area contributed by atoms with E-state index in [1.54, 1.807) is 0 Å². The van der Waals surface area contributed by atoms with Gasteiger partial charge in [-0.3, -0.25) is 0 Å². The maximum absolute atomic E-state index is 12.3. The molecule has 1 N–H and O–H groups in total. The van der Waals surface area contributed by atoms with Crippen LogP contribution in [0.2, 0.25) is 10.0 Å². The van der Waals surface area contributed by atoms with E-state index >= 15 is 0 Å². The third-order valence-electron chi connectivity index (χ3n) is 2.76. The minimum atomic E-state index is -3.78. The zero-order valence-electron chi connectivity index (χ0n) is 10.9. The quantitative estimate of drug-likeness (QED) is 0.814. The SMILES string of the molecule is CCCCCN(C)S(=O)(=O)c1cc(Cl)cc(Cl)c1O. The number of hydrogen-bond acceptors (Lipinski definition) is 3. The third-order valence-corrected chi connectivity index (χ3v) is 5.13. The summed E-state index contributed by atoms with van der Waals surface area (Å²) in [4.78, 5) is -0.260. The highest BCUT2D eigenvalue weighted by Gasteiger charge is 2.25. The van der Waals surface area contributed by atoms with E-state index in [1.807, 2.05) is 6.92 Å². The van der Waals surface area contributed by atoms with E-state index in [2.05, 4.69) is 0 Å². The lowest BCUT2D eigenvalue weighted by atomic mass is 10.2. The molecule has 0 aliphatic heterocycles. The van der Waals surface area contributed by atoms with Crippen LogP contribution in [0, 0.1) is 0 Å². The number of unbranched alkanes of at least 4 members (excludes halogenated alkanes) is 2. The Morgan fingerprint density at radius 3 is 2.47 bits per heavy atom. The zero-order chi connectivity index (χ0) is 14.6. The molecule has 1 rings (SSSR count). The molecule has 0 saturated carbocycles. The van der Waals surface area contributed by atoms with E-state index in [9.17, 15) is 13.5 Å². The molecule has 19 heavy (non-hydrogen) atoms. The number of sulfonamides is 1. The van der Waals surface area contributed by atoms with Crippen molar-refractivity contribution >= 4 is 33.2 Å². The van der Waals surface area contributed by atoms with Crippen LogP contribution in [-0.4, -0.2) is 31.4 Å².